The third-order valence-corrected chi connectivity index (χ3v) is 4.59. The molecule has 2 rings (SSSR count). The number of rotatable bonds is 4. The van der Waals surface area contributed by atoms with Gasteiger partial charge >= 0.3 is 6.03 Å². The van der Waals surface area contributed by atoms with Crippen LogP contribution in [0.5, 0.6) is 0 Å². The fraction of sp³-hybridized carbons (Fsp3) is 0.824. The van der Waals surface area contributed by atoms with Crippen LogP contribution < -0.4 is 5.32 Å². The van der Waals surface area contributed by atoms with Crippen molar-refractivity contribution in [1.29, 1.82) is 0 Å². The molecule has 0 aromatic carbocycles. The molecule has 2 fully saturated rings. The highest BCUT2D eigenvalue weighted by Crippen LogP contribution is 2.22. The molecule has 0 aliphatic carbocycles. The number of likely N-dealkylation sites (tertiary alicyclic amines) is 1. The molecule has 2 aliphatic rings. The average molecular weight is 307 g/mol. The van der Waals surface area contributed by atoms with Crippen LogP contribution >= 0.6 is 0 Å². The normalized spacial score (nSPS) is 27.4. The number of hydrogen-bond donors (Lipinski definition) is 1. The maximum atomic E-state index is 11.8. The van der Waals surface area contributed by atoms with Crippen molar-refractivity contribution >= 4 is 6.03 Å². The van der Waals surface area contributed by atoms with Gasteiger partial charge in [-0.05, 0) is 45.6 Å². The van der Waals surface area contributed by atoms with Crippen LogP contribution in [0.15, 0.2) is 0 Å². The van der Waals surface area contributed by atoms with E-state index in [1.807, 2.05) is 4.90 Å². The molecular weight excluding hydrogens is 278 g/mol. The van der Waals surface area contributed by atoms with Crippen LogP contribution in [0.4, 0.5) is 4.79 Å². The number of terminal acetylenes is 1. The molecule has 2 heterocycles. The van der Waals surface area contributed by atoms with Crippen molar-refractivity contribution < 1.29 is 9.53 Å². The summed E-state index contributed by atoms with van der Waals surface area (Å²) in [5, 5.41) is 2.74. The lowest BCUT2D eigenvalue weighted by atomic mass is 9.93. The molecule has 0 radical (unpaired) electrons. The lowest BCUT2D eigenvalue weighted by Gasteiger charge is -2.37. The van der Waals surface area contributed by atoms with Crippen molar-refractivity contribution in [2.24, 2.45) is 5.92 Å². The molecule has 0 aromatic rings. The molecule has 0 spiro atoms. The smallest absolute Gasteiger partial charge is 0.318 e. The number of urea groups is 1. The van der Waals surface area contributed by atoms with Gasteiger partial charge < -0.3 is 15.0 Å². The van der Waals surface area contributed by atoms with Gasteiger partial charge in [0.1, 0.15) is 0 Å². The summed E-state index contributed by atoms with van der Waals surface area (Å²) < 4.78 is 5.77. The molecule has 0 bridgehead atoms. The fourth-order valence-corrected chi connectivity index (χ4v) is 3.50. The Kier molecular flexibility index (Phi) is 6.53. The predicted molar refractivity (Wildman–Crippen MR) is 87.6 cm³/mol. The Morgan fingerprint density at radius 2 is 1.91 bits per heavy atom. The molecule has 0 aromatic heterocycles. The van der Waals surface area contributed by atoms with Gasteiger partial charge in [-0.15, -0.1) is 6.42 Å². The standard InChI is InChI=1S/C17H29N3O2/c1-4-8-18-17(21)20-10-6-16(7-11-20)5-9-19-12-14(2)22-15(3)13-19/h1,14-16H,5-13H2,2-3H3,(H,18,21)/t14-,15-/m1/s1. The van der Waals surface area contributed by atoms with Gasteiger partial charge in [0.25, 0.3) is 0 Å². The quantitative estimate of drug-likeness (QED) is 0.801. The van der Waals surface area contributed by atoms with Crippen LogP contribution in [0.1, 0.15) is 33.1 Å². The van der Waals surface area contributed by atoms with Crippen molar-refractivity contribution in [3.05, 3.63) is 0 Å². The molecule has 2 amide bonds. The molecule has 124 valence electrons. The van der Waals surface area contributed by atoms with E-state index < -0.39 is 0 Å². The third kappa shape index (κ3) is 5.19. The zero-order valence-electron chi connectivity index (χ0n) is 13.9. The Labute approximate surface area is 134 Å². The van der Waals surface area contributed by atoms with Gasteiger partial charge in [0, 0.05) is 26.2 Å². The second-order valence-electron chi connectivity index (χ2n) is 6.60. The second-order valence-corrected chi connectivity index (χ2v) is 6.60. The lowest BCUT2D eigenvalue weighted by molar-refractivity contribution is -0.0692. The van der Waals surface area contributed by atoms with Crippen LogP contribution in [0.25, 0.3) is 0 Å². The highest BCUT2D eigenvalue weighted by molar-refractivity contribution is 5.74. The summed E-state index contributed by atoms with van der Waals surface area (Å²) in [7, 11) is 0. The molecule has 2 saturated heterocycles. The van der Waals surface area contributed by atoms with E-state index in [0.29, 0.717) is 18.8 Å². The maximum absolute atomic E-state index is 11.8. The first kappa shape index (κ1) is 17.1. The molecule has 0 unspecified atom stereocenters. The summed E-state index contributed by atoms with van der Waals surface area (Å²) in [4.78, 5) is 16.2. The van der Waals surface area contributed by atoms with Crippen molar-refractivity contribution in [3.63, 3.8) is 0 Å². The number of hydrogen-bond acceptors (Lipinski definition) is 3. The van der Waals surface area contributed by atoms with Gasteiger partial charge in [-0.1, -0.05) is 5.92 Å². The highest BCUT2D eigenvalue weighted by Gasteiger charge is 2.25. The number of nitrogens with one attached hydrogen (secondary N) is 1. The molecule has 5 nitrogen and oxygen atoms in total. The topological polar surface area (TPSA) is 44.8 Å². The van der Waals surface area contributed by atoms with Gasteiger partial charge in [0.05, 0.1) is 18.8 Å². The largest absolute Gasteiger partial charge is 0.373 e. The van der Waals surface area contributed by atoms with Crippen molar-refractivity contribution in [2.75, 3.05) is 39.3 Å². The number of morpholine rings is 1. The zero-order chi connectivity index (χ0) is 15.9. The average Bonchev–Trinajstić information content (AvgIpc) is 2.50. The Balaban J connectivity index is 1.65. The number of piperidine rings is 1. The third-order valence-electron chi connectivity index (χ3n) is 4.59. The molecular formula is C17H29N3O2. The van der Waals surface area contributed by atoms with E-state index >= 15 is 0 Å². The lowest BCUT2D eigenvalue weighted by Crippen LogP contribution is -2.47. The second kappa shape index (κ2) is 8.40. The molecule has 0 saturated carbocycles. The monoisotopic (exact) mass is 307 g/mol. The first-order valence-electron chi connectivity index (χ1n) is 8.42. The molecule has 2 aliphatic heterocycles. The van der Waals surface area contributed by atoms with Gasteiger partial charge in [-0.25, -0.2) is 4.79 Å². The van der Waals surface area contributed by atoms with Crippen LogP contribution in [0.3, 0.4) is 0 Å². The number of carbonyl (C=O) groups is 1. The van der Waals surface area contributed by atoms with E-state index in [2.05, 4.69) is 30.0 Å². The Bertz CT molecular complexity index is 389. The summed E-state index contributed by atoms with van der Waals surface area (Å²) in [6.07, 6.45) is 9.25. The van der Waals surface area contributed by atoms with Crippen LogP contribution in [-0.4, -0.2) is 67.3 Å². The molecule has 22 heavy (non-hydrogen) atoms. The van der Waals surface area contributed by atoms with Gasteiger partial charge in [0.2, 0.25) is 0 Å². The Hall–Kier alpha value is -1.25. The minimum atomic E-state index is -0.0211. The SMILES string of the molecule is C#CCNC(=O)N1CCC(CCN2C[C@@H](C)O[C@H](C)C2)CC1. The van der Waals surface area contributed by atoms with E-state index in [1.54, 1.807) is 0 Å². The summed E-state index contributed by atoms with van der Waals surface area (Å²) in [6.45, 7) is 9.52. The van der Waals surface area contributed by atoms with Crippen LogP contribution in [0, 0.1) is 18.3 Å². The number of nitrogens with zero attached hydrogens (tertiary/aromatic N) is 2. The van der Waals surface area contributed by atoms with Crippen LogP contribution in [-0.2, 0) is 4.74 Å². The van der Waals surface area contributed by atoms with Crippen molar-refractivity contribution in [2.45, 2.75) is 45.3 Å². The predicted octanol–water partition coefficient (Wildman–Crippen LogP) is 1.54. The number of amides is 2. The van der Waals surface area contributed by atoms with Gasteiger partial charge in [-0.2, -0.15) is 0 Å². The summed E-state index contributed by atoms with van der Waals surface area (Å²) in [5.41, 5.74) is 0. The van der Waals surface area contributed by atoms with E-state index in [4.69, 9.17) is 11.2 Å². The van der Waals surface area contributed by atoms with E-state index in [0.717, 1.165) is 51.5 Å². The summed E-state index contributed by atoms with van der Waals surface area (Å²) >= 11 is 0. The first-order chi connectivity index (χ1) is 10.6. The van der Waals surface area contributed by atoms with E-state index in [9.17, 15) is 4.79 Å². The van der Waals surface area contributed by atoms with Crippen LogP contribution in [0.2, 0.25) is 0 Å². The number of ether oxygens (including phenoxy) is 1. The fourth-order valence-electron chi connectivity index (χ4n) is 3.50. The molecule has 2 atom stereocenters. The molecule has 1 N–H and O–H groups in total. The van der Waals surface area contributed by atoms with Crippen molar-refractivity contribution in [3.8, 4) is 12.3 Å². The minimum Gasteiger partial charge on any atom is -0.373 e. The van der Waals surface area contributed by atoms with Gasteiger partial charge in [-0.3, -0.25) is 4.90 Å². The summed E-state index contributed by atoms with van der Waals surface area (Å²) in [5.74, 6) is 3.16. The van der Waals surface area contributed by atoms with Gasteiger partial charge in [0.15, 0.2) is 0 Å². The maximum Gasteiger partial charge on any atom is 0.318 e. The highest BCUT2D eigenvalue weighted by atomic mass is 16.5. The van der Waals surface area contributed by atoms with Crippen molar-refractivity contribution in [1.82, 2.24) is 15.1 Å². The number of carbonyl (C=O) groups excluding carboxylic acids is 1. The minimum absolute atomic E-state index is 0.0211. The van der Waals surface area contributed by atoms with E-state index in [1.165, 1.54) is 6.42 Å². The first-order valence-corrected chi connectivity index (χ1v) is 8.42. The Morgan fingerprint density at radius 1 is 1.27 bits per heavy atom. The van der Waals surface area contributed by atoms with E-state index in [-0.39, 0.29) is 6.03 Å². The Morgan fingerprint density at radius 3 is 2.50 bits per heavy atom. The summed E-state index contributed by atoms with van der Waals surface area (Å²) in [6, 6.07) is -0.0211. The zero-order valence-corrected chi connectivity index (χ0v) is 13.9. The molecule has 5 heteroatoms.